The van der Waals surface area contributed by atoms with E-state index in [0.717, 1.165) is 21.5 Å². The van der Waals surface area contributed by atoms with Crippen LogP contribution in [0.5, 0.6) is 17.2 Å². The Morgan fingerprint density at radius 1 is 0.969 bits per heavy atom. The lowest BCUT2D eigenvalue weighted by atomic mass is 10.2. The minimum atomic E-state index is -0.239. The maximum atomic E-state index is 13.3. The van der Waals surface area contributed by atoms with Gasteiger partial charge in [-0.2, -0.15) is 0 Å². The Labute approximate surface area is 190 Å². The predicted molar refractivity (Wildman–Crippen MR) is 125 cm³/mol. The molecule has 0 fully saturated rings. The van der Waals surface area contributed by atoms with Gasteiger partial charge in [-0.25, -0.2) is 4.98 Å². The lowest BCUT2D eigenvalue weighted by Crippen LogP contribution is -2.34. The predicted octanol–water partition coefficient (Wildman–Crippen LogP) is 4.63. The minimum Gasteiger partial charge on any atom is -0.494 e. The molecule has 164 valence electrons. The number of methoxy groups -OCH3 is 2. The van der Waals surface area contributed by atoms with Crippen LogP contribution >= 0.6 is 11.3 Å². The van der Waals surface area contributed by atoms with Crippen LogP contribution < -0.4 is 19.1 Å². The highest BCUT2D eigenvalue weighted by Gasteiger charge is 2.23. The molecule has 0 N–H and O–H groups in total. The van der Waals surface area contributed by atoms with Gasteiger partial charge in [-0.05, 0) is 42.8 Å². The average Bonchev–Trinajstić information content (AvgIpc) is 3.28. The summed E-state index contributed by atoms with van der Waals surface area (Å²) >= 11 is 1.44. The van der Waals surface area contributed by atoms with Gasteiger partial charge in [0.15, 0.2) is 23.2 Å². The zero-order valence-corrected chi connectivity index (χ0v) is 18.9. The molecule has 0 saturated heterocycles. The van der Waals surface area contributed by atoms with E-state index in [0.29, 0.717) is 22.4 Å². The van der Waals surface area contributed by atoms with Gasteiger partial charge in [0.25, 0.3) is 5.91 Å². The molecule has 0 unspecified atom stereocenters. The molecular weight excluding hydrogens is 426 g/mol. The van der Waals surface area contributed by atoms with E-state index in [4.69, 9.17) is 19.2 Å². The fourth-order valence-electron chi connectivity index (χ4n) is 3.25. The lowest BCUT2D eigenvalue weighted by molar-refractivity contribution is -0.120. The monoisotopic (exact) mass is 449 g/mol. The molecule has 2 aromatic heterocycles. The number of aryl methyl sites for hydroxylation is 1. The van der Waals surface area contributed by atoms with Crippen molar-refractivity contribution in [2.24, 2.45) is 0 Å². The quantitative estimate of drug-likeness (QED) is 0.391. The van der Waals surface area contributed by atoms with Crippen molar-refractivity contribution in [2.75, 3.05) is 25.7 Å². The summed E-state index contributed by atoms with van der Waals surface area (Å²) in [5, 5.41) is 0.562. The van der Waals surface area contributed by atoms with Crippen LogP contribution in [0.1, 0.15) is 11.3 Å². The van der Waals surface area contributed by atoms with Crippen molar-refractivity contribution in [1.82, 2.24) is 9.97 Å². The van der Waals surface area contributed by atoms with E-state index < -0.39 is 0 Å². The third-order valence-corrected chi connectivity index (χ3v) is 6.12. The molecule has 0 aliphatic carbocycles. The summed E-state index contributed by atoms with van der Waals surface area (Å²) in [6.07, 6.45) is 1.70. The summed E-state index contributed by atoms with van der Waals surface area (Å²) in [6.45, 7) is 2.12. The molecule has 0 saturated carbocycles. The van der Waals surface area contributed by atoms with Gasteiger partial charge in [0.1, 0.15) is 11.3 Å². The Hall–Kier alpha value is -3.65. The molecule has 32 heavy (non-hydrogen) atoms. The summed E-state index contributed by atoms with van der Waals surface area (Å²) in [5.41, 5.74) is 2.55. The van der Waals surface area contributed by atoms with Crippen LogP contribution in [-0.4, -0.2) is 36.7 Å². The van der Waals surface area contributed by atoms with Crippen LogP contribution in [0.2, 0.25) is 0 Å². The van der Waals surface area contributed by atoms with Crippen LogP contribution in [0, 0.1) is 6.92 Å². The SMILES string of the molecule is COc1ccccc1OCC(=O)N(Cc1ccccn1)c1nc2c(OC)ccc(C)c2s1. The highest BCUT2D eigenvalue weighted by molar-refractivity contribution is 7.22. The van der Waals surface area contributed by atoms with Gasteiger partial charge < -0.3 is 14.2 Å². The van der Waals surface area contributed by atoms with Gasteiger partial charge in [-0.1, -0.05) is 35.6 Å². The largest absolute Gasteiger partial charge is 0.494 e. The van der Waals surface area contributed by atoms with Crippen molar-refractivity contribution in [3.05, 3.63) is 72.1 Å². The number of hydrogen-bond donors (Lipinski definition) is 0. The van der Waals surface area contributed by atoms with Crippen molar-refractivity contribution in [2.45, 2.75) is 13.5 Å². The molecule has 2 heterocycles. The molecule has 4 rings (SSSR count). The van der Waals surface area contributed by atoms with E-state index in [1.54, 1.807) is 37.4 Å². The van der Waals surface area contributed by atoms with Gasteiger partial charge in [0.05, 0.1) is 31.2 Å². The van der Waals surface area contributed by atoms with Gasteiger partial charge >= 0.3 is 0 Å². The number of carbonyl (C=O) groups is 1. The van der Waals surface area contributed by atoms with E-state index in [-0.39, 0.29) is 19.1 Å². The first kappa shape index (κ1) is 21.6. The first-order valence-electron chi connectivity index (χ1n) is 10.0. The van der Waals surface area contributed by atoms with Crippen molar-refractivity contribution in [3.63, 3.8) is 0 Å². The number of pyridine rings is 1. The maximum Gasteiger partial charge on any atom is 0.267 e. The fraction of sp³-hybridized carbons (Fsp3) is 0.208. The zero-order valence-electron chi connectivity index (χ0n) is 18.1. The number of amides is 1. The van der Waals surface area contributed by atoms with E-state index in [9.17, 15) is 4.79 Å². The molecule has 7 nitrogen and oxygen atoms in total. The van der Waals surface area contributed by atoms with E-state index >= 15 is 0 Å². The minimum absolute atomic E-state index is 0.167. The van der Waals surface area contributed by atoms with Gasteiger partial charge in [0, 0.05) is 6.20 Å². The highest BCUT2D eigenvalue weighted by Crippen LogP contribution is 2.37. The summed E-state index contributed by atoms with van der Waals surface area (Å²) in [7, 11) is 3.18. The topological polar surface area (TPSA) is 73.8 Å². The number of carbonyl (C=O) groups excluding carboxylic acids is 1. The van der Waals surface area contributed by atoms with E-state index in [2.05, 4.69) is 4.98 Å². The number of ether oxygens (including phenoxy) is 3. The number of anilines is 1. The first-order chi connectivity index (χ1) is 15.6. The molecule has 0 atom stereocenters. The number of hydrogen-bond acceptors (Lipinski definition) is 7. The van der Waals surface area contributed by atoms with Gasteiger partial charge in [-0.15, -0.1) is 0 Å². The molecule has 4 aromatic rings. The molecule has 0 aliphatic heterocycles. The lowest BCUT2D eigenvalue weighted by Gasteiger charge is -2.20. The van der Waals surface area contributed by atoms with Gasteiger partial charge in [-0.3, -0.25) is 14.7 Å². The number of para-hydroxylation sites is 2. The van der Waals surface area contributed by atoms with Crippen molar-refractivity contribution < 1.29 is 19.0 Å². The van der Waals surface area contributed by atoms with Gasteiger partial charge in [0.2, 0.25) is 0 Å². The summed E-state index contributed by atoms with van der Waals surface area (Å²) in [6, 6.07) is 16.7. The molecule has 1 amide bonds. The van der Waals surface area contributed by atoms with Crippen LogP contribution in [0.15, 0.2) is 60.8 Å². The van der Waals surface area contributed by atoms with Crippen LogP contribution in [0.25, 0.3) is 10.2 Å². The van der Waals surface area contributed by atoms with Crippen molar-refractivity contribution in [1.29, 1.82) is 0 Å². The van der Waals surface area contributed by atoms with E-state index in [1.165, 1.54) is 11.3 Å². The second kappa shape index (κ2) is 9.65. The Kier molecular flexibility index (Phi) is 6.51. The third kappa shape index (κ3) is 4.50. The highest BCUT2D eigenvalue weighted by atomic mass is 32.1. The zero-order chi connectivity index (χ0) is 22.5. The average molecular weight is 450 g/mol. The Balaban J connectivity index is 1.66. The number of aromatic nitrogens is 2. The van der Waals surface area contributed by atoms with E-state index in [1.807, 2.05) is 49.4 Å². The molecular formula is C24H23N3O4S. The number of nitrogens with zero attached hydrogens (tertiary/aromatic N) is 3. The van der Waals surface area contributed by atoms with Crippen LogP contribution in [0.4, 0.5) is 5.13 Å². The fourth-order valence-corrected chi connectivity index (χ4v) is 4.32. The molecule has 2 aromatic carbocycles. The number of rotatable bonds is 8. The summed E-state index contributed by atoms with van der Waals surface area (Å²) < 4.78 is 17.6. The number of fused-ring (bicyclic) bond motifs is 1. The Morgan fingerprint density at radius 3 is 2.44 bits per heavy atom. The van der Waals surface area contributed by atoms with Crippen LogP contribution in [-0.2, 0) is 11.3 Å². The molecule has 0 aliphatic rings. The molecule has 0 bridgehead atoms. The summed E-state index contributed by atoms with van der Waals surface area (Å²) in [4.78, 5) is 24.0. The standard InChI is InChI=1S/C24H23N3O4S/c1-16-11-12-20(30-3)22-23(16)32-24(26-22)27(14-17-8-6-7-13-25-17)21(28)15-31-19-10-5-4-9-18(19)29-2/h4-13H,14-15H2,1-3H3. The molecule has 0 spiro atoms. The van der Waals surface area contributed by atoms with Crippen molar-refractivity contribution >= 4 is 32.6 Å². The second-order valence-electron chi connectivity index (χ2n) is 7.00. The second-order valence-corrected chi connectivity index (χ2v) is 7.98. The molecule has 8 heteroatoms. The number of thiazole rings is 1. The van der Waals surface area contributed by atoms with Crippen LogP contribution in [0.3, 0.4) is 0 Å². The Morgan fingerprint density at radius 2 is 1.72 bits per heavy atom. The summed E-state index contributed by atoms with van der Waals surface area (Å²) in [5.74, 6) is 1.50. The maximum absolute atomic E-state index is 13.3. The third-order valence-electron chi connectivity index (χ3n) is 4.91. The Bertz CT molecular complexity index is 1230. The number of benzene rings is 2. The first-order valence-corrected chi connectivity index (χ1v) is 10.8. The molecule has 0 radical (unpaired) electrons. The normalized spacial score (nSPS) is 10.7. The van der Waals surface area contributed by atoms with Crippen molar-refractivity contribution in [3.8, 4) is 17.2 Å². The smallest absolute Gasteiger partial charge is 0.267 e.